The Morgan fingerprint density at radius 1 is 0.762 bits per heavy atom. The van der Waals surface area contributed by atoms with Gasteiger partial charge in [0, 0.05) is 27.3 Å². The number of ketones is 1. The lowest BCUT2D eigenvalue weighted by Gasteiger charge is -2.12. The first-order chi connectivity index (χ1) is 9.90. The minimum absolute atomic E-state index is 0.0292. The van der Waals surface area contributed by atoms with Gasteiger partial charge in [0.05, 0.1) is 11.9 Å². The summed E-state index contributed by atoms with van der Waals surface area (Å²) in [5.74, 6) is -3.81. The minimum atomic E-state index is -1.69. The summed E-state index contributed by atoms with van der Waals surface area (Å²) in [6.07, 6.45) is 0. The third-order valence-electron chi connectivity index (χ3n) is 2.83. The highest BCUT2D eigenvalue weighted by atomic mass is 35.5. The van der Waals surface area contributed by atoms with Gasteiger partial charge in [-0.15, -0.1) is 0 Å². The zero-order valence-electron chi connectivity index (χ0n) is 10.5. The highest BCUT2D eigenvalue weighted by Gasteiger charge is 2.13. The fourth-order valence-electron chi connectivity index (χ4n) is 1.80. The van der Waals surface area contributed by atoms with Crippen molar-refractivity contribution in [3.63, 3.8) is 0 Å². The Balaban J connectivity index is 2.47. The van der Waals surface area contributed by atoms with Crippen LogP contribution < -0.4 is 10.2 Å². The Bertz CT molecular complexity index is 734. The lowest BCUT2D eigenvalue weighted by Crippen LogP contribution is -2.30. The van der Waals surface area contributed by atoms with E-state index in [1.54, 1.807) is 0 Å². The van der Waals surface area contributed by atoms with Crippen LogP contribution in [0.1, 0.15) is 36.6 Å². The summed E-state index contributed by atoms with van der Waals surface area (Å²) in [5.41, 5.74) is -0.816. The summed E-state index contributed by atoms with van der Waals surface area (Å²) >= 11 is 5.72. The van der Waals surface area contributed by atoms with Crippen LogP contribution in [0.15, 0.2) is 42.5 Å². The molecule has 21 heavy (non-hydrogen) atoms. The molecule has 6 heteroatoms. The normalized spacial score (nSPS) is 10.1. The summed E-state index contributed by atoms with van der Waals surface area (Å²) in [6.45, 7) is 0. The molecule has 0 spiro atoms. The largest absolute Gasteiger partial charge is 0.545 e. The summed E-state index contributed by atoms with van der Waals surface area (Å²) in [6, 6.07) is 9.18. The SMILES string of the molecule is O=C(c1ccc(Cl)cc1)c1ccc(C(=O)[O-])c(C(=O)[O-])c1. The molecular formula is C15H7ClO5-2. The van der Waals surface area contributed by atoms with Crippen LogP contribution in [-0.2, 0) is 0 Å². The van der Waals surface area contributed by atoms with Gasteiger partial charge in [-0.05, 0) is 30.3 Å². The highest BCUT2D eigenvalue weighted by Crippen LogP contribution is 2.17. The van der Waals surface area contributed by atoms with Gasteiger partial charge in [0.1, 0.15) is 0 Å². The first kappa shape index (κ1) is 14.7. The first-order valence-electron chi connectivity index (χ1n) is 5.77. The minimum Gasteiger partial charge on any atom is -0.545 e. The summed E-state index contributed by atoms with van der Waals surface area (Å²) in [5, 5.41) is 22.2. The number of carboxylic acids is 2. The van der Waals surface area contributed by atoms with E-state index < -0.39 is 28.8 Å². The molecule has 106 valence electrons. The Hall–Kier alpha value is -2.66. The molecule has 0 N–H and O–H groups in total. The van der Waals surface area contributed by atoms with Crippen LogP contribution >= 0.6 is 11.6 Å². The topological polar surface area (TPSA) is 97.3 Å². The van der Waals surface area contributed by atoms with Crippen LogP contribution in [0.25, 0.3) is 0 Å². The summed E-state index contributed by atoms with van der Waals surface area (Å²) < 4.78 is 0. The van der Waals surface area contributed by atoms with E-state index in [0.29, 0.717) is 10.6 Å². The number of carbonyl (C=O) groups excluding carboxylic acids is 3. The molecule has 0 aliphatic rings. The summed E-state index contributed by atoms with van der Waals surface area (Å²) in [4.78, 5) is 34.0. The van der Waals surface area contributed by atoms with Gasteiger partial charge < -0.3 is 19.8 Å². The van der Waals surface area contributed by atoms with Gasteiger partial charge in [0.15, 0.2) is 5.78 Å². The second-order valence-corrected chi connectivity index (χ2v) is 4.61. The molecule has 0 aromatic heterocycles. The van der Waals surface area contributed by atoms with Crippen LogP contribution in [0.5, 0.6) is 0 Å². The smallest absolute Gasteiger partial charge is 0.193 e. The van der Waals surface area contributed by atoms with E-state index in [2.05, 4.69) is 0 Å². The zero-order valence-corrected chi connectivity index (χ0v) is 11.2. The van der Waals surface area contributed by atoms with Crippen molar-refractivity contribution in [3.8, 4) is 0 Å². The standard InChI is InChI=1S/C15H9ClO5/c16-10-4-1-8(2-5-10)13(17)9-3-6-11(14(18)19)12(7-9)15(20)21/h1-7H,(H,18,19)(H,20,21)/p-2. The van der Waals surface area contributed by atoms with Crippen LogP contribution in [0.3, 0.4) is 0 Å². The molecule has 2 aromatic carbocycles. The molecule has 2 rings (SSSR count). The Morgan fingerprint density at radius 3 is 1.81 bits per heavy atom. The Kier molecular flexibility index (Phi) is 4.05. The maximum absolute atomic E-state index is 12.2. The van der Waals surface area contributed by atoms with Crippen molar-refractivity contribution in [2.75, 3.05) is 0 Å². The Labute approximate surface area is 124 Å². The van der Waals surface area contributed by atoms with E-state index in [-0.39, 0.29) is 5.56 Å². The second-order valence-electron chi connectivity index (χ2n) is 4.17. The van der Waals surface area contributed by atoms with Gasteiger partial charge in [-0.3, -0.25) is 4.79 Å². The average molecular weight is 303 g/mol. The van der Waals surface area contributed by atoms with Crippen LogP contribution in [-0.4, -0.2) is 17.7 Å². The molecule has 5 nitrogen and oxygen atoms in total. The van der Waals surface area contributed by atoms with E-state index >= 15 is 0 Å². The number of hydrogen-bond donors (Lipinski definition) is 0. The molecule has 0 radical (unpaired) electrons. The summed E-state index contributed by atoms with van der Waals surface area (Å²) in [7, 11) is 0. The zero-order chi connectivity index (χ0) is 15.6. The van der Waals surface area contributed by atoms with Crippen molar-refractivity contribution in [2.24, 2.45) is 0 Å². The third-order valence-corrected chi connectivity index (χ3v) is 3.08. The number of hydrogen-bond acceptors (Lipinski definition) is 5. The molecule has 0 saturated heterocycles. The van der Waals surface area contributed by atoms with Gasteiger partial charge in [-0.25, -0.2) is 0 Å². The number of rotatable bonds is 4. The molecule has 0 aliphatic heterocycles. The van der Waals surface area contributed by atoms with Crippen molar-refractivity contribution < 1.29 is 24.6 Å². The Morgan fingerprint density at radius 2 is 1.29 bits per heavy atom. The van der Waals surface area contributed by atoms with E-state index in [9.17, 15) is 24.6 Å². The van der Waals surface area contributed by atoms with Crippen LogP contribution in [0, 0.1) is 0 Å². The second kappa shape index (κ2) is 5.76. The maximum atomic E-state index is 12.2. The fourth-order valence-corrected chi connectivity index (χ4v) is 1.93. The average Bonchev–Trinajstić information content (AvgIpc) is 2.46. The molecular weight excluding hydrogens is 296 g/mol. The van der Waals surface area contributed by atoms with Gasteiger partial charge in [-0.2, -0.15) is 0 Å². The van der Waals surface area contributed by atoms with E-state index in [4.69, 9.17) is 11.6 Å². The van der Waals surface area contributed by atoms with Gasteiger partial charge in [-0.1, -0.05) is 23.7 Å². The van der Waals surface area contributed by atoms with Crippen molar-refractivity contribution in [3.05, 3.63) is 69.7 Å². The number of carbonyl (C=O) groups is 3. The lowest BCUT2D eigenvalue weighted by atomic mass is 9.98. The molecule has 0 atom stereocenters. The molecule has 0 fully saturated rings. The van der Waals surface area contributed by atoms with E-state index in [0.717, 1.165) is 12.1 Å². The van der Waals surface area contributed by atoms with Crippen LogP contribution in [0.4, 0.5) is 0 Å². The highest BCUT2D eigenvalue weighted by molar-refractivity contribution is 6.30. The number of halogens is 1. The van der Waals surface area contributed by atoms with Crippen LogP contribution in [0.2, 0.25) is 5.02 Å². The molecule has 0 aliphatic carbocycles. The number of aromatic carboxylic acids is 2. The molecule has 0 saturated carbocycles. The van der Waals surface area contributed by atoms with E-state index in [1.807, 2.05) is 0 Å². The molecule has 0 unspecified atom stereocenters. The monoisotopic (exact) mass is 302 g/mol. The van der Waals surface area contributed by atoms with Gasteiger partial charge in [0.25, 0.3) is 0 Å². The van der Waals surface area contributed by atoms with E-state index in [1.165, 1.54) is 30.3 Å². The van der Waals surface area contributed by atoms with Crippen molar-refractivity contribution in [2.45, 2.75) is 0 Å². The number of carboxylic acid groups (broad SMARTS) is 2. The van der Waals surface area contributed by atoms with Gasteiger partial charge >= 0.3 is 0 Å². The quantitative estimate of drug-likeness (QED) is 0.757. The molecule has 0 bridgehead atoms. The molecule has 0 amide bonds. The predicted octanol–water partition coefficient (Wildman–Crippen LogP) is 0.298. The molecule has 2 aromatic rings. The predicted molar refractivity (Wildman–Crippen MR) is 70.0 cm³/mol. The lowest BCUT2D eigenvalue weighted by molar-refractivity contribution is -0.259. The molecule has 0 heterocycles. The number of benzene rings is 2. The van der Waals surface area contributed by atoms with Crippen molar-refractivity contribution in [1.82, 2.24) is 0 Å². The van der Waals surface area contributed by atoms with Crippen molar-refractivity contribution in [1.29, 1.82) is 0 Å². The first-order valence-corrected chi connectivity index (χ1v) is 6.15. The fraction of sp³-hybridized carbons (Fsp3) is 0. The van der Waals surface area contributed by atoms with Gasteiger partial charge in [0.2, 0.25) is 0 Å². The maximum Gasteiger partial charge on any atom is 0.193 e. The van der Waals surface area contributed by atoms with Crippen molar-refractivity contribution >= 4 is 29.3 Å². The third kappa shape index (κ3) is 3.09.